The highest BCUT2D eigenvalue weighted by Gasteiger charge is 2.24. The Morgan fingerprint density at radius 1 is 1.38 bits per heavy atom. The number of nitro groups is 1. The van der Waals surface area contributed by atoms with Gasteiger partial charge in [-0.15, -0.1) is 0 Å². The Bertz CT molecular complexity index is 471. The monoisotopic (exact) mass is 237 g/mol. The maximum Gasteiger partial charge on any atom is 0.269 e. The Labute approximate surface area is 96.0 Å². The van der Waals surface area contributed by atoms with E-state index >= 15 is 0 Å². The van der Waals surface area contributed by atoms with E-state index in [0.717, 1.165) is 0 Å². The van der Waals surface area contributed by atoms with Gasteiger partial charge >= 0.3 is 0 Å². The van der Waals surface area contributed by atoms with Gasteiger partial charge in [-0.1, -0.05) is 0 Å². The van der Waals surface area contributed by atoms with Crippen LogP contribution in [0.2, 0.25) is 0 Å². The van der Waals surface area contributed by atoms with Crippen LogP contribution in [0, 0.1) is 10.1 Å². The summed E-state index contributed by atoms with van der Waals surface area (Å²) in [6.45, 7) is 0.149. The molecule has 1 fully saturated rings. The van der Waals surface area contributed by atoms with Crippen LogP contribution in [0.1, 0.15) is 0 Å². The van der Waals surface area contributed by atoms with Gasteiger partial charge in [0.1, 0.15) is 6.54 Å². The number of non-ortho nitro benzene ring substituents is 1. The maximum atomic E-state index is 11.1. The van der Waals surface area contributed by atoms with Crippen molar-refractivity contribution >= 4 is 34.6 Å². The van der Waals surface area contributed by atoms with Crippen LogP contribution in [-0.4, -0.2) is 22.5 Å². The summed E-state index contributed by atoms with van der Waals surface area (Å²) < 4.78 is 0. The zero-order valence-corrected chi connectivity index (χ0v) is 8.86. The van der Waals surface area contributed by atoms with Crippen LogP contribution in [0.3, 0.4) is 0 Å². The highest BCUT2D eigenvalue weighted by molar-refractivity contribution is 7.80. The second kappa shape index (κ2) is 3.86. The highest BCUT2D eigenvalue weighted by Crippen LogP contribution is 2.20. The molecule has 7 heteroatoms. The Hall–Kier alpha value is -2.02. The number of nitrogens with zero attached hydrogens (tertiary/aromatic N) is 2. The average molecular weight is 237 g/mol. The third-order valence-corrected chi connectivity index (χ3v) is 2.49. The summed E-state index contributed by atoms with van der Waals surface area (Å²) in [5.41, 5.74) is 0.669. The van der Waals surface area contributed by atoms with Crippen molar-refractivity contribution in [2.75, 3.05) is 11.4 Å². The molecule has 0 atom stereocenters. The van der Waals surface area contributed by atoms with Crippen LogP contribution in [0.15, 0.2) is 24.3 Å². The second-order valence-electron chi connectivity index (χ2n) is 3.21. The van der Waals surface area contributed by atoms with E-state index in [1.165, 1.54) is 12.1 Å². The molecule has 0 unspecified atom stereocenters. The fourth-order valence-electron chi connectivity index (χ4n) is 1.40. The molecule has 1 aromatic rings. The molecule has 82 valence electrons. The predicted octanol–water partition coefficient (Wildman–Crippen LogP) is 0.816. The molecule has 0 aromatic heterocycles. The number of amides is 1. The molecule has 0 radical (unpaired) electrons. The maximum absolute atomic E-state index is 11.1. The van der Waals surface area contributed by atoms with Gasteiger partial charge < -0.3 is 10.2 Å². The smallest absolute Gasteiger partial charge is 0.269 e. The van der Waals surface area contributed by atoms with Crippen molar-refractivity contribution in [2.45, 2.75) is 0 Å². The highest BCUT2D eigenvalue weighted by atomic mass is 32.1. The van der Waals surface area contributed by atoms with E-state index in [9.17, 15) is 14.9 Å². The van der Waals surface area contributed by atoms with E-state index < -0.39 is 4.92 Å². The van der Waals surface area contributed by atoms with Crippen LogP contribution in [0.4, 0.5) is 11.4 Å². The summed E-state index contributed by atoms with van der Waals surface area (Å²) in [4.78, 5) is 22.6. The van der Waals surface area contributed by atoms with Crippen LogP contribution in [-0.2, 0) is 4.79 Å². The van der Waals surface area contributed by atoms with E-state index in [1.54, 1.807) is 17.0 Å². The molecule has 2 rings (SSSR count). The van der Waals surface area contributed by atoms with Gasteiger partial charge in [0.05, 0.1) is 4.92 Å². The van der Waals surface area contributed by atoms with E-state index in [4.69, 9.17) is 12.2 Å². The summed E-state index contributed by atoms with van der Waals surface area (Å²) in [5.74, 6) is -0.177. The molecule has 0 saturated carbocycles. The molecule has 0 spiro atoms. The lowest BCUT2D eigenvalue weighted by atomic mass is 10.2. The normalized spacial score (nSPS) is 15.1. The predicted molar refractivity (Wildman–Crippen MR) is 61.2 cm³/mol. The number of thiocarbonyl (C=S) groups is 1. The minimum atomic E-state index is -0.477. The number of rotatable bonds is 2. The lowest BCUT2D eigenvalue weighted by molar-refractivity contribution is -0.384. The van der Waals surface area contributed by atoms with Crippen molar-refractivity contribution in [3.8, 4) is 0 Å². The van der Waals surface area contributed by atoms with Gasteiger partial charge in [-0.05, 0) is 24.4 Å². The summed E-state index contributed by atoms with van der Waals surface area (Å²) in [7, 11) is 0. The molecule has 1 aliphatic heterocycles. The van der Waals surface area contributed by atoms with Gasteiger partial charge in [0.25, 0.3) is 5.69 Å². The third-order valence-electron chi connectivity index (χ3n) is 2.17. The molecule has 16 heavy (non-hydrogen) atoms. The molecule has 1 saturated heterocycles. The van der Waals surface area contributed by atoms with Crippen LogP contribution >= 0.6 is 12.2 Å². The first-order chi connectivity index (χ1) is 7.58. The first-order valence-electron chi connectivity index (χ1n) is 4.44. The quantitative estimate of drug-likeness (QED) is 0.468. The van der Waals surface area contributed by atoms with Crippen molar-refractivity contribution in [3.63, 3.8) is 0 Å². The van der Waals surface area contributed by atoms with Crippen LogP contribution in [0.5, 0.6) is 0 Å². The number of benzene rings is 1. The lowest BCUT2D eigenvalue weighted by Crippen LogP contribution is -2.27. The van der Waals surface area contributed by atoms with Gasteiger partial charge in [0, 0.05) is 17.8 Å². The third kappa shape index (κ3) is 1.84. The molecule has 1 aromatic carbocycles. The molecule has 1 amide bonds. The first kappa shape index (κ1) is 10.5. The molecule has 6 nitrogen and oxygen atoms in total. The Kier molecular flexibility index (Phi) is 2.53. The molecule has 0 bridgehead atoms. The molecule has 0 aliphatic carbocycles. The van der Waals surface area contributed by atoms with Crippen molar-refractivity contribution in [1.29, 1.82) is 0 Å². The standard InChI is InChI=1S/C9H7N3O3S/c13-8-5-11(9(16)10-8)6-1-3-7(4-2-6)12(14)15/h1-4H,5H2,(H,10,13,16). The zero-order valence-electron chi connectivity index (χ0n) is 8.04. The van der Waals surface area contributed by atoms with Crippen molar-refractivity contribution in [1.82, 2.24) is 5.32 Å². The summed E-state index contributed by atoms with van der Waals surface area (Å²) >= 11 is 4.94. The molecule has 1 aliphatic rings. The lowest BCUT2D eigenvalue weighted by Gasteiger charge is -2.14. The van der Waals surface area contributed by atoms with Crippen molar-refractivity contribution < 1.29 is 9.72 Å². The van der Waals surface area contributed by atoms with Crippen molar-refractivity contribution in [2.24, 2.45) is 0 Å². The Morgan fingerprint density at radius 2 is 2.00 bits per heavy atom. The number of anilines is 1. The first-order valence-corrected chi connectivity index (χ1v) is 4.84. The number of hydrogen-bond acceptors (Lipinski definition) is 4. The van der Waals surface area contributed by atoms with Crippen LogP contribution in [0.25, 0.3) is 0 Å². The van der Waals surface area contributed by atoms with Gasteiger partial charge in [-0.2, -0.15) is 0 Å². The minimum Gasteiger partial charge on any atom is -0.309 e. The summed E-state index contributed by atoms with van der Waals surface area (Å²) in [6, 6.07) is 5.87. The Morgan fingerprint density at radius 3 is 2.44 bits per heavy atom. The topological polar surface area (TPSA) is 75.5 Å². The van der Waals surface area contributed by atoms with E-state index in [2.05, 4.69) is 5.32 Å². The number of nitro benzene ring substituents is 1. The molecule has 1 heterocycles. The van der Waals surface area contributed by atoms with E-state index in [1.807, 2.05) is 0 Å². The van der Waals surface area contributed by atoms with Gasteiger partial charge in [-0.25, -0.2) is 0 Å². The molecular weight excluding hydrogens is 230 g/mol. The zero-order chi connectivity index (χ0) is 11.7. The van der Waals surface area contributed by atoms with E-state index in [-0.39, 0.29) is 18.1 Å². The number of nitrogens with one attached hydrogen (secondary N) is 1. The molecule has 1 N–H and O–H groups in total. The fourth-order valence-corrected chi connectivity index (χ4v) is 1.69. The van der Waals surface area contributed by atoms with Crippen LogP contribution < -0.4 is 10.2 Å². The Balaban J connectivity index is 2.25. The number of carbonyl (C=O) groups is 1. The summed E-state index contributed by atoms with van der Waals surface area (Å²) in [5, 5.41) is 13.3. The SMILES string of the molecule is O=C1CN(c2ccc([N+](=O)[O-])cc2)C(=S)N1. The van der Waals surface area contributed by atoms with Crippen molar-refractivity contribution in [3.05, 3.63) is 34.4 Å². The average Bonchev–Trinajstić information content (AvgIpc) is 2.58. The number of carbonyl (C=O) groups excluding carboxylic acids is 1. The van der Waals surface area contributed by atoms with Gasteiger partial charge in [-0.3, -0.25) is 14.9 Å². The van der Waals surface area contributed by atoms with E-state index in [0.29, 0.717) is 10.8 Å². The van der Waals surface area contributed by atoms with Gasteiger partial charge in [0.2, 0.25) is 5.91 Å². The number of hydrogen-bond donors (Lipinski definition) is 1. The minimum absolute atomic E-state index is 0.00755. The molecular formula is C9H7N3O3S. The second-order valence-corrected chi connectivity index (χ2v) is 3.60. The van der Waals surface area contributed by atoms with Gasteiger partial charge in [0.15, 0.2) is 5.11 Å². The fraction of sp³-hybridized carbons (Fsp3) is 0.111. The summed E-state index contributed by atoms with van der Waals surface area (Å²) in [6.07, 6.45) is 0. The largest absolute Gasteiger partial charge is 0.309 e.